The summed E-state index contributed by atoms with van der Waals surface area (Å²) in [6, 6.07) is 0. The molecule has 0 amide bonds. The van der Waals surface area contributed by atoms with E-state index >= 15 is 0 Å². The summed E-state index contributed by atoms with van der Waals surface area (Å²) in [4.78, 5) is 25.0. The van der Waals surface area contributed by atoms with Crippen LogP contribution >= 0.6 is 0 Å². The number of ketones is 1. The van der Waals surface area contributed by atoms with E-state index in [1.165, 1.54) is 7.11 Å². The van der Waals surface area contributed by atoms with Crippen LogP contribution in [0, 0.1) is 34.5 Å². The molecule has 0 aromatic carbocycles. The monoisotopic (exact) mass is 365 g/mol. The number of carbonyl (C=O) groups excluding carboxylic acids is 2. The first-order valence-electron chi connectivity index (χ1n) is 9.74. The fourth-order valence-corrected chi connectivity index (χ4v) is 6.28. The number of nitrogens with zero attached hydrogens (tertiary/aromatic N) is 1. The van der Waals surface area contributed by atoms with E-state index in [9.17, 15) is 19.9 Å². The Morgan fingerprint density at radius 2 is 1.96 bits per heavy atom. The van der Waals surface area contributed by atoms with Gasteiger partial charge in [-0.05, 0) is 55.8 Å². The van der Waals surface area contributed by atoms with Crippen molar-refractivity contribution < 1.29 is 24.6 Å². The molecule has 6 nitrogen and oxygen atoms in total. The highest BCUT2D eigenvalue weighted by Crippen LogP contribution is 2.60. The van der Waals surface area contributed by atoms with E-state index in [0.29, 0.717) is 25.0 Å². The van der Waals surface area contributed by atoms with Gasteiger partial charge in [0.05, 0.1) is 19.1 Å². The minimum Gasteiger partial charge on any atom is -0.469 e. The van der Waals surface area contributed by atoms with Crippen LogP contribution in [0.1, 0.15) is 58.8 Å². The van der Waals surface area contributed by atoms with Gasteiger partial charge in [0, 0.05) is 24.0 Å². The van der Waals surface area contributed by atoms with Crippen molar-refractivity contribution >= 4 is 18.0 Å². The lowest BCUT2D eigenvalue weighted by Crippen LogP contribution is -2.53. The predicted octanol–water partition coefficient (Wildman–Crippen LogP) is 2.80. The highest BCUT2D eigenvalue weighted by molar-refractivity contribution is 5.88. The Bertz CT molecular complexity index is 605. The summed E-state index contributed by atoms with van der Waals surface area (Å²) < 4.78 is 5.06. The number of hydrogen-bond acceptors (Lipinski definition) is 6. The van der Waals surface area contributed by atoms with Gasteiger partial charge in [0.1, 0.15) is 5.78 Å². The average Bonchev–Trinajstić information content (AvgIpc) is 2.92. The minimum atomic E-state index is -0.487. The van der Waals surface area contributed by atoms with E-state index in [4.69, 9.17) is 4.74 Å². The van der Waals surface area contributed by atoms with Crippen LogP contribution in [0.5, 0.6) is 0 Å². The van der Waals surface area contributed by atoms with Crippen LogP contribution in [-0.2, 0) is 14.3 Å². The molecule has 0 aromatic heterocycles. The number of aliphatic hydroxyl groups excluding tert-OH is 1. The van der Waals surface area contributed by atoms with Gasteiger partial charge in [-0.25, -0.2) is 0 Å². The largest absolute Gasteiger partial charge is 0.469 e. The standard InChI is InChI=1S/C20H31NO5/c1-19(8-6-12(22)10-16(19)18(24)26-3)15-7-9-20(2)14(4-5-17(20)23)13(15)11-21-25/h11-16,22,25H,4-10H2,1-3H3/b21-11+/t12-,13-,14-,15-,16+,19+,20-/m0/s1. The number of rotatable bonds is 3. The molecule has 0 unspecified atom stereocenters. The highest BCUT2D eigenvalue weighted by Gasteiger charge is 2.59. The molecule has 3 saturated carbocycles. The summed E-state index contributed by atoms with van der Waals surface area (Å²) in [6.07, 6.45) is 5.91. The molecule has 6 heteroatoms. The van der Waals surface area contributed by atoms with E-state index in [1.807, 2.05) is 6.92 Å². The van der Waals surface area contributed by atoms with Gasteiger partial charge in [-0.15, -0.1) is 5.16 Å². The lowest BCUT2D eigenvalue weighted by Gasteiger charge is -2.54. The fourth-order valence-electron chi connectivity index (χ4n) is 6.28. The number of hydrogen-bond donors (Lipinski definition) is 2. The number of oxime groups is 1. The van der Waals surface area contributed by atoms with E-state index in [0.717, 1.165) is 25.7 Å². The molecule has 146 valence electrons. The molecule has 0 radical (unpaired) electrons. The van der Waals surface area contributed by atoms with Crippen molar-refractivity contribution in [2.45, 2.75) is 64.9 Å². The van der Waals surface area contributed by atoms with Gasteiger partial charge < -0.3 is 15.1 Å². The van der Waals surface area contributed by atoms with Gasteiger partial charge in [-0.3, -0.25) is 9.59 Å². The summed E-state index contributed by atoms with van der Waals surface area (Å²) in [6.45, 7) is 4.16. The minimum absolute atomic E-state index is 0.0439. The number of Topliss-reactive ketones (excluding diaryl/α,β-unsaturated/α-hetero) is 1. The zero-order valence-corrected chi connectivity index (χ0v) is 16.0. The zero-order valence-electron chi connectivity index (χ0n) is 16.0. The van der Waals surface area contributed by atoms with Crippen molar-refractivity contribution in [1.82, 2.24) is 0 Å². The van der Waals surface area contributed by atoms with Crippen LogP contribution < -0.4 is 0 Å². The van der Waals surface area contributed by atoms with E-state index in [1.54, 1.807) is 6.21 Å². The number of ether oxygens (including phenoxy) is 1. The van der Waals surface area contributed by atoms with Crippen LogP contribution in [0.3, 0.4) is 0 Å². The summed E-state index contributed by atoms with van der Waals surface area (Å²) in [5.74, 6) is -0.117. The van der Waals surface area contributed by atoms with Crippen molar-refractivity contribution in [2.24, 2.45) is 39.7 Å². The molecule has 0 heterocycles. The summed E-state index contributed by atoms with van der Waals surface area (Å²) in [7, 11) is 1.39. The second-order valence-corrected chi connectivity index (χ2v) is 8.98. The maximum absolute atomic E-state index is 12.5. The topological polar surface area (TPSA) is 96.2 Å². The van der Waals surface area contributed by atoms with Crippen LogP contribution in [0.2, 0.25) is 0 Å². The van der Waals surface area contributed by atoms with Gasteiger partial charge in [-0.2, -0.15) is 0 Å². The van der Waals surface area contributed by atoms with Gasteiger partial charge in [0.15, 0.2) is 0 Å². The van der Waals surface area contributed by atoms with Crippen LogP contribution in [0.25, 0.3) is 0 Å². The van der Waals surface area contributed by atoms with Crippen molar-refractivity contribution in [2.75, 3.05) is 7.11 Å². The van der Waals surface area contributed by atoms with Crippen LogP contribution in [0.15, 0.2) is 5.16 Å². The Morgan fingerprint density at radius 1 is 1.23 bits per heavy atom. The lowest BCUT2D eigenvalue weighted by molar-refractivity contribution is -0.161. The molecule has 7 atom stereocenters. The number of esters is 1. The van der Waals surface area contributed by atoms with Crippen molar-refractivity contribution in [3.63, 3.8) is 0 Å². The number of carbonyl (C=O) groups is 2. The molecule has 0 saturated heterocycles. The molecule has 0 aromatic rings. The number of fused-ring (bicyclic) bond motifs is 1. The van der Waals surface area contributed by atoms with E-state index < -0.39 is 6.10 Å². The molecule has 3 fully saturated rings. The third-order valence-corrected chi connectivity index (χ3v) is 7.93. The third kappa shape index (κ3) is 2.86. The Morgan fingerprint density at radius 3 is 2.62 bits per heavy atom. The highest BCUT2D eigenvalue weighted by atomic mass is 16.5. The van der Waals surface area contributed by atoms with Gasteiger partial charge in [0.2, 0.25) is 0 Å². The molecule has 0 bridgehead atoms. The quantitative estimate of drug-likeness (QED) is 0.347. The van der Waals surface area contributed by atoms with Crippen molar-refractivity contribution in [3.8, 4) is 0 Å². The Hall–Kier alpha value is -1.43. The molecule has 0 aliphatic heterocycles. The zero-order chi connectivity index (χ0) is 19.1. The smallest absolute Gasteiger partial charge is 0.309 e. The van der Waals surface area contributed by atoms with Gasteiger partial charge in [0.25, 0.3) is 0 Å². The first kappa shape index (κ1) is 19.3. The summed E-state index contributed by atoms with van der Waals surface area (Å²) in [5, 5.41) is 22.8. The molecule has 0 spiro atoms. The Balaban J connectivity index is 1.97. The van der Waals surface area contributed by atoms with Crippen molar-refractivity contribution in [3.05, 3.63) is 0 Å². The number of methoxy groups -OCH3 is 1. The maximum Gasteiger partial charge on any atom is 0.309 e. The summed E-state index contributed by atoms with van der Waals surface area (Å²) in [5.41, 5.74) is -0.696. The lowest BCUT2D eigenvalue weighted by atomic mass is 9.49. The summed E-state index contributed by atoms with van der Waals surface area (Å²) >= 11 is 0. The molecule has 2 N–H and O–H groups in total. The second-order valence-electron chi connectivity index (χ2n) is 8.98. The molecule has 3 rings (SSSR count). The SMILES string of the molecule is COC(=O)[C@H]1C[C@@H](O)CC[C@]1(C)[C@H]1CC[C@]2(C)C(=O)CC[C@H]2[C@@H]1/C=N/O. The number of aliphatic hydroxyl groups is 1. The molecular formula is C20H31NO5. The first-order chi connectivity index (χ1) is 12.3. The van der Waals surface area contributed by atoms with Gasteiger partial charge in [-0.1, -0.05) is 13.8 Å². The molecular weight excluding hydrogens is 334 g/mol. The molecule has 3 aliphatic carbocycles. The van der Waals surface area contributed by atoms with Crippen LogP contribution in [0.4, 0.5) is 0 Å². The second kappa shape index (κ2) is 6.95. The Kier molecular flexibility index (Phi) is 5.17. The van der Waals surface area contributed by atoms with E-state index in [2.05, 4.69) is 12.1 Å². The predicted molar refractivity (Wildman–Crippen MR) is 95.8 cm³/mol. The fraction of sp³-hybridized carbons (Fsp3) is 0.850. The van der Waals surface area contributed by atoms with Gasteiger partial charge >= 0.3 is 5.97 Å². The van der Waals surface area contributed by atoms with E-state index in [-0.39, 0.29) is 40.5 Å². The molecule has 3 aliphatic rings. The first-order valence-corrected chi connectivity index (χ1v) is 9.74. The normalized spacial score (nSPS) is 46.3. The molecule has 26 heavy (non-hydrogen) atoms. The average molecular weight is 365 g/mol. The Labute approximate surface area is 155 Å². The van der Waals surface area contributed by atoms with Crippen molar-refractivity contribution in [1.29, 1.82) is 0 Å². The van der Waals surface area contributed by atoms with Crippen LogP contribution in [-0.4, -0.2) is 41.5 Å². The maximum atomic E-state index is 12.5. The third-order valence-electron chi connectivity index (χ3n) is 7.93.